The van der Waals surface area contributed by atoms with Crippen molar-refractivity contribution in [2.75, 3.05) is 0 Å². The molecule has 1 N–H and O–H groups in total. The van der Waals surface area contributed by atoms with Crippen molar-refractivity contribution in [3.05, 3.63) is 82.5 Å². The van der Waals surface area contributed by atoms with Crippen LogP contribution < -0.4 is 0 Å². The van der Waals surface area contributed by atoms with Crippen LogP contribution in [0.3, 0.4) is 0 Å². The van der Waals surface area contributed by atoms with Crippen molar-refractivity contribution in [3.8, 4) is 39.4 Å². The fourth-order valence-electron chi connectivity index (χ4n) is 2.73. The molecule has 2 aromatic heterocycles. The number of thiophene rings is 1. The van der Waals surface area contributed by atoms with Crippen molar-refractivity contribution < 1.29 is 5.11 Å². The second kappa shape index (κ2) is 6.71. The minimum atomic E-state index is 0.226. The van der Waals surface area contributed by atoms with Gasteiger partial charge in [-0.1, -0.05) is 35.9 Å². The monoisotopic (exact) mass is 363 g/mol. The number of hydrogen-bond acceptors (Lipinski definition) is 3. The molecule has 0 unspecified atom stereocenters. The Morgan fingerprint density at radius 3 is 2.12 bits per heavy atom. The molecule has 0 aliphatic heterocycles. The molecular formula is C21H14ClNOS. The van der Waals surface area contributed by atoms with Gasteiger partial charge < -0.3 is 5.11 Å². The Hall–Kier alpha value is -2.62. The number of phenols is 1. The predicted molar refractivity (Wildman–Crippen MR) is 105 cm³/mol. The fourth-order valence-corrected chi connectivity index (χ4v) is 3.59. The second-order valence-electron chi connectivity index (χ2n) is 5.70. The van der Waals surface area contributed by atoms with E-state index in [2.05, 4.69) is 22.9 Å². The number of pyridine rings is 1. The van der Waals surface area contributed by atoms with E-state index in [4.69, 9.17) is 16.6 Å². The number of hydrogen-bond donors (Lipinski definition) is 1. The molecule has 0 atom stereocenters. The van der Waals surface area contributed by atoms with Gasteiger partial charge in [0.25, 0.3) is 0 Å². The van der Waals surface area contributed by atoms with E-state index in [1.54, 1.807) is 23.5 Å². The topological polar surface area (TPSA) is 33.1 Å². The third-order valence-electron chi connectivity index (χ3n) is 3.94. The van der Waals surface area contributed by atoms with Crippen molar-refractivity contribution in [1.82, 2.24) is 4.98 Å². The van der Waals surface area contributed by atoms with Gasteiger partial charge in [-0.05, 0) is 64.4 Å². The summed E-state index contributed by atoms with van der Waals surface area (Å²) in [6.07, 6.45) is 0. The summed E-state index contributed by atoms with van der Waals surface area (Å²) >= 11 is 7.81. The molecule has 2 heterocycles. The molecule has 25 heavy (non-hydrogen) atoms. The van der Waals surface area contributed by atoms with Gasteiger partial charge in [0.05, 0.1) is 11.4 Å². The molecule has 0 radical (unpaired) electrons. The van der Waals surface area contributed by atoms with Gasteiger partial charge in [-0.25, -0.2) is 4.98 Å². The van der Waals surface area contributed by atoms with Crippen molar-refractivity contribution in [2.45, 2.75) is 0 Å². The van der Waals surface area contributed by atoms with E-state index >= 15 is 0 Å². The van der Waals surface area contributed by atoms with E-state index in [-0.39, 0.29) is 5.75 Å². The maximum atomic E-state index is 9.81. The van der Waals surface area contributed by atoms with Crippen LogP contribution in [0.2, 0.25) is 5.02 Å². The van der Waals surface area contributed by atoms with Gasteiger partial charge in [-0.2, -0.15) is 11.3 Å². The molecule has 0 fully saturated rings. The highest BCUT2D eigenvalue weighted by Gasteiger charge is 2.10. The predicted octanol–water partition coefficient (Wildman–Crippen LogP) is 6.50. The number of phenolic OH excluding ortho intramolecular Hbond substituents is 1. The van der Waals surface area contributed by atoms with E-state index in [1.807, 2.05) is 42.5 Å². The molecule has 4 rings (SSSR count). The molecule has 2 nitrogen and oxygen atoms in total. The normalized spacial score (nSPS) is 10.8. The molecule has 0 saturated heterocycles. The zero-order valence-corrected chi connectivity index (χ0v) is 14.8. The highest BCUT2D eigenvalue weighted by atomic mass is 35.5. The van der Waals surface area contributed by atoms with Gasteiger partial charge in [-0.15, -0.1) is 0 Å². The molecule has 4 aromatic rings. The Morgan fingerprint density at radius 1 is 0.760 bits per heavy atom. The van der Waals surface area contributed by atoms with Gasteiger partial charge in [-0.3, -0.25) is 0 Å². The summed E-state index contributed by atoms with van der Waals surface area (Å²) in [6.45, 7) is 0. The lowest BCUT2D eigenvalue weighted by molar-refractivity contribution is 0.475. The molecular weight excluding hydrogens is 350 g/mol. The number of benzene rings is 2. The van der Waals surface area contributed by atoms with Crippen molar-refractivity contribution in [2.24, 2.45) is 0 Å². The van der Waals surface area contributed by atoms with Crippen LogP contribution in [0.5, 0.6) is 5.75 Å². The fraction of sp³-hybridized carbons (Fsp3) is 0. The maximum absolute atomic E-state index is 9.81. The van der Waals surface area contributed by atoms with E-state index in [9.17, 15) is 5.11 Å². The molecule has 2 aromatic carbocycles. The lowest BCUT2D eigenvalue weighted by Crippen LogP contribution is -1.90. The van der Waals surface area contributed by atoms with E-state index in [0.717, 1.165) is 33.6 Å². The first-order valence-electron chi connectivity index (χ1n) is 7.79. The van der Waals surface area contributed by atoms with Crippen LogP contribution in [0.1, 0.15) is 0 Å². The average molecular weight is 364 g/mol. The standard InChI is InChI=1S/C21H14ClNOS/c22-18-5-1-3-14(9-18)20-11-17(16-7-8-25-13-16)12-21(23-20)15-4-2-6-19(24)10-15/h1-13,24H. The molecule has 0 amide bonds. The van der Waals surface area contributed by atoms with Crippen molar-refractivity contribution >= 4 is 22.9 Å². The zero-order valence-electron chi connectivity index (χ0n) is 13.2. The molecule has 0 aliphatic carbocycles. The largest absolute Gasteiger partial charge is 0.508 e. The molecule has 4 heteroatoms. The number of aromatic hydroxyl groups is 1. The Kier molecular flexibility index (Phi) is 4.26. The third-order valence-corrected chi connectivity index (χ3v) is 4.86. The minimum Gasteiger partial charge on any atom is -0.508 e. The van der Waals surface area contributed by atoms with Gasteiger partial charge in [0.1, 0.15) is 5.75 Å². The van der Waals surface area contributed by atoms with E-state index in [0.29, 0.717) is 5.02 Å². The summed E-state index contributed by atoms with van der Waals surface area (Å²) in [5.41, 5.74) is 5.74. The number of aromatic nitrogens is 1. The molecule has 0 bridgehead atoms. The Bertz CT molecular complexity index is 964. The van der Waals surface area contributed by atoms with Crippen LogP contribution in [-0.2, 0) is 0 Å². The summed E-state index contributed by atoms with van der Waals surface area (Å²) in [4.78, 5) is 4.80. The van der Waals surface area contributed by atoms with Gasteiger partial charge in [0.2, 0.25) is 0 Å². The van der Waals surface area contributed by atoms with Crippen molar-refractivity contribution in [3.63, 3.8) is 0 Å². The van der Waals surface area contributed by atoms with Crippen LogP contribution in [-0.4, -0.2) is 10.1 Å². The number of halogens is 1. The van der Waals surface area contributed by atoms with Crippen LogP contribution in [0.15, 0.2) is 77.5 Å². The molecule has 0 saturated carbocycles. The average Bonchev–Trinajstić information content (AvgIpc) is 3.16. The first-order chi connectivity index (χ1) is 12.2. The summed E-state index contributed by atoms with van der Waals surface area (Å²) in [5.74, 6) is 0.226. The van der Waals surface area contributed by atoms with Gasteiger partial charge in [0.15, 0.2) is 0 Å². The van der Waals surface area contributed by atoms with Crippen LogP contribution in [0.25, 0.3) is 33.6 Å². The summed E-state index contributed by atoms with van der Waals surface area (Å²) in [7, 11) is 0. The number of nitrogens with zero attached hydrogens (tertiary/aromatic N) is 1. The summed E-state index contributed by atoms with van der Waals surface area (Å²) in [6, 6.07) is 21.0. The van der Waals surface area contributed by atoms with Crippen molar-refractivity contribution in [1.29, 1.82) is 0 Å². The van der Waals surface area contributed by atoms with Crippen LogP contribution >= 0.6 is 22.9 Å². The third kappa shape index (κ3) is 3.43. The maximum Gasteiger partial charge on any atom is 0.116 e. The molecule has 0 spiro atoms. The molecule has 0 aliphatic rings. The summed E-state index contributed by atoms with van der Waals surface area (Å²) < 4.78 is 0. The van der Waals surface area contributed by atoms with Crippen LogP contribution in [0, 0.1) is 0 Å². The first kappa shape index (κ1) is 15.9. The lowest BCUT2D eigenvalue weighted by atomic mass is 10.0. The van der Waals surface area contributed by atoms with E-state index in [1.165, 1.54) is 0 Å². The van der Waals surface area contributed by atoms with E-state index < -0.39 is 0 Å². The highest BCUT2D eigenvalue weighted by Crippen LogP contribution is 2.32. The van der Waals surface area contributed by atoms with Crippen LogP contribution in [0.4, 0.5) is 0 Å². The minimum absolute atomic E-state index is 0.226. The summed E-state index contributed by atoms with van der Waals surface area (Å²) in [5, 5.41) is 14.7. The highest BCUT2D eigenvalue weighted by molar-refractivity contribution is 7.08. The van der Waals surface area contributed by atoms with Gasteiger partial charge >= 0.3 is 0 Å². The zero-order chi connectivity index (χ0) is 17.2. The first-order valence-corrected chi connectivity index (χ1v) is 9.11. The lowest BCUT2D eigenvalue weighted by Gasteiger charge is -2.10. The smallest absolute Gasteiger partial charge is 0.116 e. The SMILES string of the molecule is Oc1cccc(-c2cc(-c3ccsc3)cc(-c3cccc(Cl)c3)n2)c1. The molecule has 122 valence electrons. The Balaban J connectivity index is 1.92. The van der Waals surface area contributed by atoms with Gasteiger partial charge in [0, 0.05) is 16.1 Å². The quantitative estimate of drug-likeness (QED) is 0.450. The Morgan fingerprint density at radius 2 is 1.48 bits per heavy atom. The second-order valence-corrected chi connectivity index (χ2v) is 6.92. The Labute approximate surface area is 155 Å². The number of rotatable bonds is 3.